The first kappa shape index (κ1) is 14.6. The highest BCUT2D eigenvalue weighted by atomic mass is 16.5. The van der Waals surface area contributed by atoms with Crippen LogP contribution in [0.5, 0.6) is 5.75 Å². The zero-order chi connectivity index (χ0) is 14.4. The van der Waals surface area contributed by atoms with Crippen LogP contribution in [-0.4, -0.2) is 26.1 Å². The summed E-state index contributed by atoms with van der Waals surface area (Å²) >= 11 is 0. The largest absolute Gasteiger partial charge is 0.497 e. The topological polar surface area (TPSA) is 37.6 Å². The first-order chi connectivity index (χ1) is 9.71. The van der Waals surface area contributed by atoms with E-state index in [1.807, 2.05) is 31.3 Å². The summed E-state index contributed by atoms with van der Waals surface area (Å²) in [6.45, 7) is 2.45. The lowest BCUT2D eigenvalue weighted by Crippen LogP contribution is -2.16. The average Bonchev–Trinajstić information content (AvgIpc) is 2.87. The lowest BCUT2D eigenvalue weighted by molar-refractivity contribution is 0.283. The minimum absolute atomic E-state index is 0.766. The Kier molecular flexibility index (Phi) is 5.21. The summed E-state index contributed by atoms with van der Waals surface area (Å²) < 4.78 is 10.9. The SMILES string of the molecule is CNCc1ccc(CN(C)Cc2ccc(OC)cc2)o1. The van der Waals surface area contributed by atoms with Gasteiger partial charge in [-0.05, 0) is 43.9 Å². The summed E-state index contributed by atoms with van der Waals surface area (Å²) in [5, 5.41) is 3.08. The van der Waals surface area contributed by atoms with Crippen LogP contribution >= 0.6 is 0 Å². The predicted octanol–water partition coefficient (Wildman–Crippen LogP) is 2.64. The number of hydrogen-bond acceptors (Lipinski definition) is 4. The molecule has 2 aromatic rings. The number of benzene rings is 1. The van der Waals surface area contributed by atoms with Crippen molar-refractivity contribution >= 4 is 0 Å². The quantitative estimate of drug-likeness (QED) is 0.842. The number of ether oxygens (including phenoxy) is 1. The molecule has 0 aliphatic rings. The van der Waals surface area contributed by atoms with Crippen LogP contribution in [0.4, 0.5) is 0 Å². The zero-order valence-corrected chi connectivity index (χ0v) is 12.3. The third-order valence-electron chi connectivity index (χ3n) is 3.11. The number of nitrogens with one attached hydrogen (secondary N) is 1. The van der Waals surface area contributed by atoms with E-state index in [1.165, 1.54) is 5.56 Å². The Morgan fingerprint density at radius 2 is 1.75 bits per heavy atom. The van der Waals surface area contributed by atoms with Gasteiger partial charge in [0.2, 0.25) is 0 Å². The van der Waals surface area contributed by atoms with E-state index >= 15 is 0 Å². The monoisotopic (exact) mass is 274 g/mol. The predicted molar refractivity (Wildman–Crippen MR) is 79.6 cm³/mol. The fourth-order valence-corrected chi connectivity index (χ4v) is 2.14. The van der Waals surface area contributed by atoms with Gasteiger partial charge in [0.1, 0.15) is 17.3 Å². The highest BCUT2D eigenvalue weighted by molar-refractivity contribution is 5.27. The van der Waals surface area contributed by atoms with Gasteiger partial charge in [-0.2, -0.15) is 0 Å². The maximum atomic E-state index is 5.74. The van der Waals surface area contributed by atoms with Crippen LogP contribution in [0, 0.1) is 0 Å². The molecule has 0 fully saturated rings. The summed E-state index contributed by atoms with van der Waals surface area (Å²) in [5.41, 5.74) is 1.26. The second-order valence-electron chi connectivity index (χ2n) is 4.92. The molecule has 0 aliphatic heterocycles. The van der Waals surface area contributed by atoms with Crippen LogP contribution < -0.4 is 10.1 Å². The van der Waals surface area contributed by atoms with Crippen molar-refractivity contribution in [1.29, 1.82) is 0 Å². The number of furan rings is 1. The van der Waals surface area contributed by atoms with Crippen molar-refractivity contribution < 1.29 is 9.15 Å². The van der Waals surface area contributed by atoms with Gasteiger partial charge in [-0.3, -0.25) is 4.90 Å². The number of hydrogen-bond donors (Lipinski definition) is 1. The van der Waals surface area contributed by atoms with Crippen LogP contribution in [0.2, 0.25) is 0 Å². The second kappa shape index (κ2) is 7.12. The van der Waals surface area contributed by atoms with E-state index in [1.54, 1.807) is 7.11 Å². The minimum Gasteiger partial charge on any atom is -0.497 e. The lowest BCUT2D eigenvalue weighted by atomic mass is 10.2. The average molecular weight is 274 g/mol. The Bertz CT molecular complexity index is 520. The van der Waals surface area contributed by atoms with E-state index in [2.05, 4.69) is 29.4 Å². The normalized spacial score (nSPS) is 11.0. The van der Waals surface area contributed by atoms with Gasteiger partial charge in [-0.15, -0.1) is 0 Å². The third-order valence-corrected chi connectivity index (χ3v) is 3.11. The molecule has 1 aromatic heterocycles. The highest BCUT2D eigenvalue weighted by Crippen LogP contribution is 2.15. The van der Waals surface area contributed by atoms with Crippen LogP contribution in [0.1, 0.15) is 17.1 Å². The van der Waals surface area contributed by atoms with E-state index in [0.29, 0.717) is 0 Å². The number of methoxy groups -OCH3 is 1. The molecule has 0 saturated heterocycles. The molecule has 0 atom stereocenters. The molecule has 1 N–H and O–H groups in total. The molecule has 2 rings (SSSR count). The minimum atomic E-state index is 0.766. The van der Waals surface area contributed by atoms with Gasteiger partial charge in [0.15, 0.2) is 0 Å². The Balaban J connectivity index is 1.88. The van der Waals surface area contributed by atoms with Gasteiger partial charge in [0, 0.05) is 6.54 Å². The smallest absolute Gasteiger partial charge is 0.118 e. The molecular weight excluding hydrogens is 252 g/mol. The molecular formula is C16H22N2O2. The van der Waals surface area contributed by atoms with E-state index in [9.17, 15) is 0 Å². The standard InChI is InChI=1S/C16H22N2O2/c1-17-10-15-8-9-16(20-15)12-18(2)11-13-4-6-14(19-3)7-5-13/h4-9,17H,10-12H2,1-3H3. The Morgan fingerprint density at radius 1 is 1.05 bits per heavy atom. The molecule has 4 heteroatoms. The van der Waals surface area contributed by atoms with E-state index in [0.717, 1.165) is 36.9 Å². The van der Waals surface area contributed by atoms with Gasteiger partial charge in [-0.1, -0.05) is 12.1 Å². The molecule has 0 unspecified atom stereocenters. The summed E-state index contributed by atoms with van der Waals surface area (Å²) in [6, 6.07) is 12.2. The number of nitrogens with zero attached hydrogens (tertiary/aromatic N) is 1. The summed E-state index contributed by atoms with van der Waals surface area (Å²) in [5.74, 6) is 2.85. The molecule has 0 radical (unpaired) electrons. The molecule has 0 bridgehead atoms. The first-order valence-electron chi connectivity index (χ1n) is 6.75. The van der Waals surface area contributed by atoms with Crippen molar-refractivity contribution in [2.45, 2.75) is 19.6 Å². The van der Waals surface area contributed by atoms with Crippen LogP contribution in [0.15, 0.2) is 40.8 Å². The zero-order valence-electron chi connectivity index (χ0n) is 12.3. The van der Waals surface area contributed by atoms with Crippen molar-refractivity contribution in [3.8, 4) is 5.75 Å². The van der Waals surface area contributed by atoms with Crippen LogP contribution in [0.3, 0.4) is 0 Å². The second-order valence-corrected chi connectivity index (χ2v) is 4.92. The van der Waals surface area contributed by atoms with Crippen molar-refractivity contribution in [1.82, 2.24) is 10.2 Å². The van der Waals surface area contributed by atoms with Crippen molar-refractivity contribution in [2.24, 2.45) is 0 Å². The van der Waals surface area contributed by atoms with Gasteiger partial charge in [0.25, 0.3) is 0 Å². The van der Waals surface area contributed by atoms with Crippen LogP contribution in [0.25, 0.3) is 0 Å². The summed E-state index contributed by atoms with van der Waals surface area (Å²) in [4.78, 5) is 2.23. The maximum absolute atomic E-state index is 5.74. The third kappa shape index (κ3) is 4.11. The van der Waals surface area contributed by atoms with Crippen LogP contribution in [-0.2, 0) is 19.6 Å². The van der Waals surface area contributed by atoms with E-state index < -0.39 is 0 Å². The molecule has 108 valence electrons. The molecule has 0 saturated carbocycles. The molecule has 1 heterocycles. The fourth-order valence-electron chi connectivity index (χ4n) is 2.14. The summed E-state index contributed by atoms with van der Waals surface area (Å²) in [6.07, 6.45) is 0. The molecule has 20 heavy (non-hydrogen) atoms. The first-order valence-corrected chi connectivity index (χ1v) is 6.75. The van der Waals surface area contributed by atoms with Crippen molar-refractivity contribution in [2.75, 3.05) is 21.2 Å². The molecule has 4 nitrogen and oxygen atoms in total. The maximum Gasteiger partial charge on any atom is 0.118 e. The Hall–Kier alpha value is -1.78. The fraction of sp³-hybridized carbons (Fsp3) is 0.375. The Labute approximate surface area is 120 Å². The van der Waals surface area contributed by atoms with Gasteiger partial charge in [0.05, 0.1) is 20.2 Å². The Morgan fingerprint density at radius 3 is 2.40 bits per heavy atom. The highest BCUT2D eigenvalue weighted by Gasteiger charge is 2.06. The molecule has 0 amide bonds. The number of rotatable bonds is 7. The van der Waals surface area contributed by atoms with Gasteiger partial charge in [-0.25, -0.2) is 0 Å². The van der Waals surface area contributed by atoms with Gasteiger partial charge < -0.3 is 14.5 Å². The molecule has 0 spiro atoms. The van der Waals surface area contributed by atoms with Crippen molar-refractivity contribution in [3.63, 3.8) is 0 Å². The van der Waals surface area contributed by atoms with Crippen molar-refractivity contribution in [3.05, 3.63) is 53.5 Å². The van der Waals surface area contributed by atoms with E-state index in [-0.39, 0.29) is 0 Å². The van der Waals surface area contributed by atoms with E-state index in [4.69, 9.17) is 9.15 Å². The molecule has 1 aromatic carbocycles. The molecule has 0 aliphatic carbocycles. The summed E-state index contributed by atoms with van der Waals surface area (Å²) in [7, 11) is 5.68. The van der Waals surface area contributed by atoms with Gasteiger partial charge >= 0.3 is 0 Å². The lowest BCUT2D eigenvalue weighted by Gasteiger charge is -2.15.